The lowest BCUT2D eigenvalue weighted by Gasteiger charge is -2.18. The smallest absolute Gasteiger partial charge is 0.176 e. The van der Waals surface area contributed by atoms with Crippen molar-refractivity contribution in [3.05, 3.63) is 99.9 Å². The van der Waals surface area contributed by atoms with Crippen molar-refractivity contribution in [3.8, 4) is 0 Å². The van der Waals surface area contributed by atoms with Crippen LogP contribution in [-0.2, 0) is 0 Å². The molecule has 5 rings (SSSR count). The minimum Gasteiger partial charge on any atom is -0.354 e. The molecule has 0 bridgehead atoms. The first-order valence-corrected chi connectivity index (χ1v) is 9.65. The number of hydrogen-bond donors (Lipinski definition) is 1. The molecular weight excluding hydrogens is 419 g/mol. The molecule has 1 atom stereocenters. The molecule has 1 aromatic heterocycles. The highest BCUT2D eigenvalue weighted by Gasteiger charge is 2.32. The Morgan fingerprint density at radius 2 is 1.79 bits per heavy atom. The van der Waals surface area contributed by atoms with Crippen LogP contribution in [0.25, 0.3) is 10.9 Å². The number of pyridine rings is 1. The molecule has 136 valence electrons. The van der Waals surface area contributed by atoms with Gasteiger partial charge in [0.05, 0.1) is 22.8 Å². The molecule has 0 saturated heterocycles. The van der Waals surface area contributed by atoms with Crippen molar-refractivity contribution in [2.24, 2.45) is 0 Å². The predicted molar refractivity (Wildman–Crippen MR) is 112 cm³/mol. The molecule has 0 amide bonds. The molecule has 0 aliphatic carbocycles. The lowest BCUT2D eigenvalue weighted by Crippen LogP contribution is -2.14. The molecule has 2 heterocycles. The van der Waals surface area contributed by atoms with Crippen molar-refractivity contribution < 1.29 is 9.18 Å². The van der Waals surface area contributed by atoms with Gasteiger partial charge in [0.25, 0.3) is 0 Å². The number of carbonyl (C=O) groups is 1. The van der Waals surface area contributed by atoms with E-state index in [-0.39, 0.29) is 11.6 Å². The molecule has 0 saturated carbocycles. The predicted octanol–water partition coefficient (Wildman–Crippen LogP) is 6.21. The second kappa shape index (κ2) is 6.53. The normalized spacial score (nSPS) is 15.5. The largest absolute Gasteiger partial charge is 0.354 e. The summed E-state index contributed by atoms with van der Waals surface area (Å²) >= 11 is 3.49. The van der Waals surface area contributed by atoms with Crippen molar-refractivity contribution in [1.82, 2.24) is 4.98 Å². The van der Waals surface area contributed by atoms with Gasteiger partial charge in [0.2, 0.25) is 0 Å². The number of carbonyl (C=O) groups excluding carboxylic acids is 1. The molecule has 28 heavy (non-hydrogen) atoms. The van der Waals surface area contributed by atoms with Crippen LogP contribution in [0.5, 0.6) is 0 Å². The summed E-state index contributed by atoms with van der Waals surface area (Å²) in [6.45, 7) is 0. The van der Waals surface area contributed by atoms with Gasteiger partial charge in [-0.3, -0.25) is 9.78 Å². The maximum absolute atomic E-state index is 13.6. The Labute approximate surface area is 169 Å². The van der Waals surface area contributed by atoms with Gasteiger partial charge in [0.1, 0.15) is 5.82 Å². The molecule has 4 aromatic rings. The summed E-state index contributed by atoms with van der Waals surface area (Å²) < 4.78 is 14.4. The fourth-order valence-electron chi connectivity index (χ4n) is 3.77. The second-order valence-corrected chi connectivity index (χ2v) is 7.69. The average Bonchev–Trinajstić information content (AvgIpc) is 2.82. The van der Waals surface area contributed by atoms with Gasteiger partial charge in [-0.25, -0.2) is 4.39 Å². The molecule has 1 aliphatic rings. The van der Waals surface area contributed by atoms with Crippen LogP contribution in [0.2, 0.25) is 0 Å². The molecule has 3 nitrogen and oxygen atoms in total. The van der Waals surface area contributed by atoms with Gasteiger partial charge in [0, 0.05) is 27.2 Å². The summed E-state index contributed by atoms with van der Waals surface area (Å²) in [5, 5.41) is 4.40. The number of rotatable bonds is 1. The molecule has 3 aromatic carbocycles. The Kier molecular flexibility index (Phi) is 3.98. The van der Waals surface area contributed by atoms with Gasteiger partial charge in [-0.1, -0.05) is 46.3 Å². The molecule has 1 aliphatic heterocycles. The van der Waals surface area contributed by atoms with Crippen molar-refractivity contribution in [2.45, 2.75) is 5.92 Å². The summed E-state index contributed by atoms with van der Waals surface area (Å²) in [5.74, 6) is -0.941. The number of para-hydroxylation sites is 1. The Morgan fingerprint density at radius 1 is 1.00 bits per heavy atom. The van der Waals surface area contributed by atoms with E-state index in [4.69, 9.17) is 0 Å². The van der Waals surface area contributed by atoms with Crippen molar-refractivity contribution >= 4 is 44.0 Å². The highest BCUT2D eigenvalue weighted by Crippen LogP contribution is 2.43. The third-order valence-electron chi connectivity index (χ3n) is 5.09. The van der Waals surface area contributed by atoms with Crippen LogP contribution < -0.4 is 5.32 Å². The lowest BCUT2D eigenvalue weighted by molar-refractivity contribution is 0.0975. The summed E-state index contributed by atoms with van der Waals surface area (Å²) in [5.41, 5.74) is 4.55. The van der Waals surface area contributed by atoms with Crippen molar-refractivity contribution in [1.29, 1.82) is 0 Å². The number of halogens is 2. The number of anilines is 2. The number of benzene rings is 3. The number of Topliss-reactive ketones (excluding diaryl/α,β-unsaturated/α-hetero) is 1. The fraction of sp³-hybridized carbons (Fsp3) is 0.0435. The van der Waals surface area contributed by atoms with Gasteiger partial charge >= 0.3 is 0 Å². The Hall–Kier alpha value is -3.05. The average molecular weight is 433 g/mol. The third-order valence-corrected chi connectivity index (χ3v) is 5.58. The molecular formula is C23H14BrFN2O. The van der Waals surface area contributed by atoms with Crippen LogP contribution in [0.15, 0.2) is 77.4 Å². The first-order chi connectivity index (χ1) is 13.6. The van der Waals surface area contributed by atoms with Gasteiger partial charge in [-0.05, 0) is 42.0 Å². The zero-order valence-corrected chi connectivity index (χ0v) is 16.2. The Bertz CT molecular complexity index is 1240. The molecule has 0 fully saturated rings. The third kappa shape index (κ3) is 2.70. The zero-order chi connectivity index (χ0) is 19.3. The van der Waals surface area contributed by atoms with Gasteiger partial charge in [-0.2, -0.15) is 0 Å². The first-order valence-electron chi connectivity index (χ1n) is 8.86. The number of fused-ring (bicyclic) bond motifs is 4. The molecule has 1 unspecified atom stereocenters. The Morgan fingerprint density at radius 3 is 2.61 bits per heavy atom. The van der Waals surface area contributed by atoms with Crippen molar-refractivity contribution in [2.75, 3.05) is 5.32 Å². The van der Waals surface area contributed by atoms with E-state index in [1.54, 1.807) is 18.3 Å². The highest BCUT2D eigenvalue weighted by molar-refractivity contribution is 9.10. The summed E-state index contributed by atoms with van der Waals surface area (Å²) in [7, 11) is 0. The SMILES string of the molecule is O=C1c2ccc(Br)cc2Nc2c(cnc3ccccc23)C1c1ccc(F)cc1. The maximum Gasteiger partial charge on any atom is 0.176 e. The summed E-state index contributed by atoms with van der Waals surface area (Å²) in [6.07, 6.45) is 1.75. The first kappa shape index (κ1) is 17.1. The minimum absolute atomic E-state index is 0.0440. The van der Waals surface area contributed by atoms with E-state index in [0.29, 0.717) is 5.56 Å². The zero-order valence-electron chi connectivity index (χ0n) is 14.6. The second-order valence-electron chi connectivity index (χ2n) is 6.77. The number of nitrogens with one attached hydrogen (secondary N) is 1. The van der Waals surface area contributed by atoms with E-state index in [0.717, 1.165) is 37.9 Å². The van der Waals surface area contributed by atoms with Crippen LogP contribution in [0, 0.1) is 5.82 Å². The van der Waals surface area contributed by atoms with Crippen LogP contribution in [0.3, 0.4) is 0 Å². The van der Waals surface area contributed by atoms with Gasteiger partial charge in [0.15, 0.2) is 5.78 Å². The molecule has 1 N–H and O–H groups in total. The van der Waals surface area contributed by atoms with E-state index in [1.165, 1.54) is 12.1 Å². The Balaban J connectivity index is 1.84. The van der Waals surface area contributed by atoms with Crippen LogP contribution in [-0.4, -0.2) is 10.8 Å². The van der Waals surface area contributed by atoms with E-state index in [1.807, 2.05) is 42.5 Å². The summed E-state index contributed by atoms with van der Waals surface area (Å²) in [4.78, 5) is 18.1. The van der Waals surface area contributed by atoms with E-state index in [2.05, 4.69) is 26.2 Å². The number of nitrogens with zero attached hydrogens (tertiary/aromatic N) is 1. The standard InChI is InChI=1S/C23H14BrFN2O/c24-14-7-10-17-20(11-14)27-22-16-3-1-2-4-19(16)26-12-18(22)21(23(17)28)13-5-8-15(25)9-6-13/h1-12,21,27H. The fourth-order valence-corrected chi connectivity index (χ4v) is 4.13. The number of hydrogen-bond acceptors (Lipinski definition) is 3. The summed E-state index contributed by atoms with van der Waals surface area (Å²) in [6, 6.07) is 19.5. The topological polar surface area (TPSA) is 42.0 Å². The molecule has 0 radical (unpaired) electrons. The van der Waals surface area contributed by atoms with E-state index in [9.17, 15) is 9.18 Å². The minimum atomic E-state index is -0.567. The van der Waals surface area contributed by atoms with Gasteiger partial charge in [-0.15, -0.1) is 0 Å². The van der Waals surface area contributed by atoms with E-state index >= 15 is 0 Å². The number of aromatic nitrogens is 1. The maximum atomic E-state index is 13.6. The van der Waals surface area contributed by atoms with Crippen LogP contribution in [0.1, 0.15) is 27.4 Å². The van der Waals surface area contributed by atoms with Crippen LogP contribution >= 0.6 is 15.9 Å². The van der Waals surface area contributed by atoms with Crippen LogP contribution in [0.4, 0.5) is 15.8 Å². The lowest BCUT2D eigenvalue weighted by atomic mass is 9.85. The molecule has 0 spiro atoms. The highest BCUT2D eigenvalue weighted by atomic mass is 79.9. The number of ketones is 1. The van der Waals surface area contributed by atoms with E-state index < -0.39 is 5.92 Å². The van der Waals surface area contributed by atoms with Crippen molar-refractivity contribution in [3.63, 3.8) is 0 Å². The monoisotopic (exact) mass is 432 g/mol. The quantitative estimate of drug-likeness (QED) is 0.388. The van der Waals surface area contributed by atoms with Gasteiger partial charge < -0.3 is 5.32 Å². The molecule has 5 heteroatoms.